The van der Waals surface area contributed by atoms with Crippen LogP contribution in [0.1, 0.15) is 12.0 Å². The summed E-state index contributed by atoms with van der Waals surface area (Å²) in [5.41, 5.74) is 0.576. The molecule has 2 unspecified atom stereocenters. The highest BCUT2D eigenvalue weighted by Crippen LogP contribution is 2.38. The second-order valence-electron chi connectivity index (χ2n) is 5.96. The molecule has 8 nitrogen and oxygen atoms in total. The minimum absolute atomic E-state index is 0.0327. The van der Waals surface area contributed by atoms with Crippen molar-refractivity contribution in [1.29, 1.82) is 0 Å². The Labute approximate surface area is 157 Å². The number of ether oxygens (including phenoxy) is 1. The summed E-state index contributed by atoms with van der Waals surface area (Å²) in [6.07, 6.45) is 0.362. The number of amidine groups is 1. The van der Waals surface area contributed by atoms with Crippen molar-refractivity contribution in [2.75, 3.05) is 0 Å². The number of rotatable bonds is 5. The van der Waals surface area contributed by atoms with Gasteiger partial charge in [0.25, 0.3) is 11.5 Å². The van der Waals surface area contributed by atoms with E-state index in [4.69, 9.17) is 4.74 Å². The predicted octanol–water partition coefficient (Wildman–Crippen LogP) is 2.20. The zero-order valence-corrected chi connectivity index (χ0v) is 14.8. The Morgan fingerprint density at radius 1 is 1.22 bits per heavy atom. The van der Waals surface area contributed by atoms with Crippen molar-refractivity contribution in [3.05, 3.63) is 70.3 Å². The van der Waals surface area contributed by atoms with E-state index in [-0.39, 0.29) is 29.4 Å². The number of fused-ring (bicyclic) bond motifs is 1. The summed E-state index contributed by atoms with van der Waals surface area (Å²) in [5, 5.41) is 10.5. The summed E-state index contributed by atoms with van der Waals surface area (Å²) in [5.74, 6) is -0.778. The van der Waals surface area contributed by atoms with Crippen molar-refractivity contribution >= 4 is 34.5 Å². The number of amides is 1. The lowest BCUT2D eigenvalue weighted by Crippen LogP contribution is -2.56. The second kappa shape index (κ2) is 6.84. The first kappa shape index (κ1) is 17.2. The van der Waals surface area contributed by atoms with Gasteiger partial charge in [-0.1, -0.05) is 18.2 Å². The molecular formula is C18H14N3O5S+. The average molecular weight is 384 g/mol. The van der Waals surface area contributed by atoms with Crippen LogP contribution in [0.5, 0.6) is 0 Å². The van der Waals surface area contributed by atoms with Crippen LogP contribution >= 0.6 is 0 Å². The summed E-state index contributed by atoms with van der Waals surface area (Å²) in [7, 11) is 0. The molecule has 2 aromatic rings. The zero-order chi connectivity index (χ0) is 19.0. The molecule has 4 rings (SSSR count). The third-order valence-electron chi connectivity index (χ3n) is 4.26. The fraction of sp³-hybridized carbons (Fsp3) is 0.167. The minimum Gasteiger partial charge on any atom is -0.455 e. The van der Waals surface area contributed by atoms with Crippen molar-refractivity contribution in [2.24, 2.45) is 4.40 Å². The van der Waals surface area contributed by atoms with Crippen molar-refractivity contribution < 1.29 is 19.2 Å². The highest BCUT2D eigenvalue weighted by atomic mass is 32.2. The standard InChI is InChI=1S/C18H14N3O5S/c22-15-10-16-20(15)17(19-27(16)14-4-2-1-3-5-14)18(23)26-11-12-6-8-13(9-7-12)21(24)25/h1-9,16H,10-11H2/q+1. The van der Waals surface area contributed by atoms with Crippen LogP contribution in [0.15, 0.2) is 63.9 Å². The lowest BCUT2D eigenvalue weighted by Gasteiger charge is -2.29. The summed E-state index contributed by atoms with van der Waals surface area (Å²) < 4.78 is 9.74. The van der Waals surface area contributed by atoms with Crippen molar-refractivity contribution in [3.8, 4) is 0 Å². The van der Waals surface area contributed by atoms with E-state index in [1.165, 1.54) is 29.2 Å². The van der Waals surface area contributed by atoms with E-state index in [1.54, 1.807) is 0 Å². The number of β-lactam (4-membered cyclic amide) rings is 1. The molecule has 1 fully saturated rings. The Bertz CT molecular complexity index is 945. The fourth-order valence-electron chi connectivity index (χ4n) is 2.85. The number of nitro benzene ring substituents is 1. The molecule has 0 radical (unpaired) electrons. The van der Waals surface area contributed by atoms with Gasteiger partial charge in [-0.3, -0.25) is 14.9 Å². The molecule has 2 aromatic carbocycles. The first-order valence-corrected chi connectivity index (χ1v) is 9.38. The molecule has 2 aliphatic heterocycles. The van der Waals surface area contributed by atoms with Gasteiger partial charge in [-0.15, -0.1) is 0 Å². The van der Waals surface area contributed by atoms with Gasteiger partial charge >= 0.3 is 5.97 Å². The van der Waals surface area contributed by atoms with Gasteiger partial charge < -0.3 is 4.74 Å². The Morgan fingerprint density at radius 2 is 1.93 bits per heavy atom. The lowest BCUT2D eigenvalue weighted by molar-refractivity contribution is -0.384. The van der Waals surface area contributed by atoms with Gasteiger partial charge in [0, 0.05) is 12.1 Å². The number of nitro groups is 1. The summed E-state index contributed by atoms with van der Waals surface area (Å²) in [4.78, 5) is 37.0. The number of hydrogen-bond donors (Lipinski definition) is 0. The van der Waals surface area contributed by atoms with Gasteiger partial charge in [-0.25, -0.2) is 9.69 Å². The van der Waals surface area contributed by atoms with E-state index in [2.05, 4.69) is 4.40 Å². The van der Waals surface area contributed by atoms with Crippen LogP contribution in [0.25, 0.3) is 0 Å². The molecule has 9 heteroatoms. The van der Waals surface area contributed by atoms with Crippen LogP contribution in [-0.4, -0.2) is 32.9 Å². The topological polar surface area (TPSA) is 102 Å². The number of nitrogens with zero attached hydrogens (tertiary/aromatic N) is 3. The molecule has 0 saturated carbocycles. The van der Waals surface area contributed by atoms with Crippen LogP contribution < -0.4 is 0 Å². The van der Waals surface area contributed by atoms with E-state index in [9.17, 15) is 19.7 Å². The number of carbonyl (C=O) groups is 2. The first-order valence-electron chi connectivity index (χ1n) is 8.14. The van der Waals surface area contributed by atoms with Crippen LogP contribution in [0, 0.1) is 10.1 Å². The van der Waals surface area contributed by atoms with Gasteiger partial charge in [-0.05, 0) is 34.2 Å². The number of carbonyl (C=O) groups excluding carboxylic acids is 2. The van der Waals surface area contributed by atoms with E-state index < -0.39 is 22.0 Å². The largest absolute Gasteiger partial charge is 0.455 e. The highest BCUT2D eigenvalue weighted by molar-refractivity contribution is 7.97. The van der Waals surface area contributed by atoms with Crippen molar-refractivity contribution in [2.45, 2.75) is 23.3 Å². The summed E-state index contributed by atoms with van der Waals surface area (Å²) in [6.45, 7) is -0.0539. The van der Waals surface area contributed by atoms with E-state index in [0.717, 1.165) is 4.90 Å². The molecule has 0 spiro atoms. The SMILES string of the molecule is O=C(OCc1ccc([N+](=O)[O-])cc1)C1=N[S+](c2ccccc2)C2CC(=O)N12. The van der Waals surface area contributed by atoms with Crippen LogP contribution in [0.4, 0.5) is 5.69 Å². The Balaban J connectivity index is 1.47. The normalized spacial score (nSPS) is 20.5. The van der Waals surface area contributed by atoms with E-state index >= 15 is 0 Å². The smallest absolute Gasteiger partial charge is 0.379 e. The molecule has 0 N–H and O–H groups in total. The molecule has 0 aliphatic carbocycles. The van der Waals surface area contributed by atoms with Gasteiger partial charge in [0.1, 0.15) is 6.61 Å². The van der Waals surface area contributed by atoms with Crippen LogP contribution in [0.3, 0.4) is 0 Å². The quantitative estimate of drug-likeness (QED) is 0.259. The molecule has 0 bridgehead atoms. The molecule has 0 aromatic heterocycles. The summed E-state index contributed by atoms with van der Waals surface area (Å²) >= 11 is -0.589. The second-order valence-corrected chi connectivity index (χ2v) is 7.79. The van der Waals surface area contributed by atoms with Crippen LogP contribution in [0.2, 0.25) is 0 Å². The Hall–Kier alpha value is -3.20. The molecule has 2 aliphatic rings. The average Bonchev–Trinajstić information content (AvgIpc) is 3.00. The van der Waals surface area contributed by atoms with Crippen molar-refractivity contribution in [1.82, 2.24) is 4.90 Å². The maximum Gasteiger partial charge on any atom is 0.379 e. The number of non-ortho nitro benzene ring substituents is 1. The predicted molar refractivity (Wildman–Crippen MR) is 97.7 cm³/mol. The minimum atomic E-state index is -0.669. The maximum absolute atomic E-state index is 12.5. The lowest BCUT2D eigenvalue weighted by atomic mass is 10.2. The molecule has 2 heterocycles. The van der Waals surface area contributed by atoms with E-state index in [1.807, 2.05) is 30.3 Å². The molecule has 1 saturated heterocycles. The molecular weight excluding hydrogens is 370 g/mol. The third-order valence-corrected chi connectivity index (χ3v) is 6.28. The molecule has 136 valence electrons. The third kappa shape index (κ3) is 3.17. The van der Waals surface area contributed by atoms with Gasteiger partial charge in [-0.2, -0.15) is 0 Å². The fourth-order valence-corrected chi connectivity index (χ4v) is 4.89. The van der Waals surface area contributed by atoms with Gasteiger partial charge in [0.2, 0.25) is 11.3 Å². The first-order chi connectivity index (χ1) is 13.0. The number of hydrogen-bond acceptors (Lipinski definition) is 6. The van der Waals surface area contributed by atoms with Gasteiger partial charge in [0.05, 0.1) is 11.3 Å². The Morgan fingerprint density at radius 3 is 2.56 bits per heavy atom. The Kier molecular flexibility index (Phi) is 4.36. The number of esters is 1. The molecule has 1 amide bonds. The number of benzene rings is 2. The molecule has 2 atom stereocenters. The van der Waals surface area contributed by atoms with Crippen molar-refractivity contribution in [3.63, 3.8) is 0 Å². The summed E-state index contributed by atoms with van der Waals surface area (Å²) in [6, 6.07) is 15.3. The van der Waals surface area contributed by atoms with Crippen LogP contribution in [-0.2, 0) is 32.0 Å². The highest BCUT2D eigenvalue weighted by Gasteiger charge is 2.60. The monoisotopic (exact) mass is 384 g/mol. The molecule has 27 heavy (non-hydrogen) atoms. The van der Waals surface area contributed by atoms with Gasteiger partial charge in [0.15, 0.2) is 16.0 Å². The zero-order valence-electron chi connectivity index (χ0n) is 14.0. The van der Waals surface area contributed by atoms with E-state index in [0.29, 0.717) is 12.0 Å². The maximum atomic E-state index is 12.5.